The van der Waals surface area contributed by atoms with E-state index in [9.17, 15) is 0 Å². The molecule has 0 radical (unpaired) electrons. The molecule has 2 aromatic heterocycles. The van der Waals surface area contributed by atoms with Crippen molar-refractivity contribution >= 4 is 27.3 Å². The third-order valence-electron chi connectivity index (χ3n) is 7.89. The van der Waals surface area contributed by atoms with Crippen molar-refractivity contribution in [2.75, 3.05) is 0 Å². The van der Waals surface area contributed by atoms with Gasteiger partial charge in [-0.25, -0.2) is 4.98 Å². The Labute approximate surface area is 219 Å². The number of imidazole rings is 1. The Kier molecular flexibility index (Phi) is 5.64. The Morgan fingerprint density at radius 2 is 1.38 bits per heavy atom. The minimum absolute atomic E-state index is 0.380. The molecule has 0 saturated carbocycles. The predicted molar refractivity (Wildman–Crippen MR) is 159 cm³/mol. The Morgan fingerprint density at radius 1 is 0.649 bits per heavy atom. The minimum atomic E-state index is 0.380. The van der Waals surface area contributed by atoms with E-state index >= 15 is 0 Å². The van der Waals surface area contributed by atoms with Crippen molar-refractivity contribution in [3.05, 3.63) is 107 Å². The first-order valence-corrected chi connectivity index (χ1v) is 13.4. The quantitative estimate of drug-likeness (QED) is 0.229. The maximum atomic E-state index is 5.14. The molecule has 0 aliphatic heterocycles. The van der Waals surface area contributed by atoms with Crippen molar-refractivity contribution in [1.82, 2.24) is 9.38 Å². The van der Waals surface area contributed by atoms with E-state index in [0.29, 0.717) is 11.8 Å². The third-order valence-corrected chi connectivity index (χ3v) is 7.89. The van der Waals surface area contributed by atoms with Gasteiger partial charge < -0.3 is 0 Å². The monoisotopic (exact) mass is 482 g/mol. The second-order valence-corrected chi connectivity index (χ2v) is 11.0. The van der Waals surface area contributed by atoms with Crippen LogP contribution < -0.4 is 0 Å². The van der Waals surface area contributed by atoms with Gasteiger partial charge in [0.15, 0.2) is 0 Å². The highest BCUT2D eigenvalue weighted by atomic mass is 15.0. The first-order chi connectivity index (χ1) is 17.9. The molecule has 4 aromatic carbocycles. The number of hydrogen-bond donors (Lipinski definition) is 0. The summed E-state index contributed by atoms with van der Waals surface area (Å²) in [5.74, 6) is 0.888. The first kappa shape index (κ1) is 23.5. The lowest BCUT2D eigenvalue weighted by atomic mass is 9.88. The number of hydrogen-bond acceptors (Lipinski definition) is 1. The zero-order valence-electron chi connectivity index (χ0n) is 22.6. The smallest absolute Gasteiger partial charge is 0.145 e. The van der Waals surface area contributed by atoms with Gasteiger partial charge in [-0.05, 0) is 65.1 Å². The van der Waals surface area contributed by atoms with E-state index in [1.165, 1.54) is 60.6 Å². The van der Waals surface area contributed by atoms with Crippen LogP contribution in [0, 0.1) is 13.8 Å². The summed E-state index contributed by atoms with van der Waals surface area (Å²) in [5, 5.41) is 3.83. The highest BCUT2D eigenvalue weighted by Gasteiger charge is 2.21. The molecule has 0 spiro atoms. The maximum Gasteiger partial charge on any atom is 0.145 e. The molecule has 0 unspecified atom stereocenters. The number of para-hydroxylation sites is 1. The van der Waals surface area contributed by atoms with Crippen molar-refractivity contribution in [1.29, 1.82) is 0 Å². The summed E-state index contributed by atoms with van der Waals surface area (Å²) in [6.07, 6.45) is 2.07. The molecule has 6 aromatic rings. The van der Waals surface area contributed by atoms with Gasteiger partial charge in [-0.2, -0.15) is 0 Å². The van der Waals surface area contributed by atoms with Crippen LogP contribution >= 0.6 is 0 Å². The van der Waals surface area contributed by atoms with E-state index in [1.807, 2.05) is 0 Å². The van der Waals surface area contributed by atoms with E-state index in [2.05, 4.69) is 131 Å². The van der Waals surface area contributed by atoms with Crippen molar-refractivity contribution in [3.8, 4) is 22.4 Å². The number of nitrogens with zero attached hydrogens (tertiary/aromatic N) is 2. The molecule has 0 atom stereocenters. The van der Waals surface area contributed by atoms with Crippen LogP contribution in [0.3, 0.4) is 0 Å². The number of aryl methyl sites for hydroxylation is 2. The molecule has 0 saturated heterocycles. The van der Waals surface area contributed by atoms with Crippen LogP contribution in [-0.4, -0.2) is 9.38 Å². The van der Waals surface area contributed by atoms with Gasteiger partial charge >= 0.3 is 0 Å². The number of benzene rings is 4. The zero-order chi connectivity index (χ0) is 25.8. The van der Waals surface area contributed by atoms with Crippen LogP contribution in [0.1, 0.15) is 61.8 Å². The molecule has 0 aliphatic rings. The molecule has 6 rings (SSSR count). The lowest BCUT2D eigenvalue weighted by molar-refractivity contribution is 0.865. The van der Waals surface area contributed by atoms with E-state index in [1.54, 1.807) is 0 Å². The second-order valence-electron chi connectivity index (χ2n) is 11.0. The fraction of sp³-hybridized carbons (Fsp3) is 0.229. The van der Waals surface area contributed by atoms with Crippen LogP contribution in [0.5, 0.6) is 0 Å². The van der Waals surface area contributed by atoms with Gasteiger partial charge in [-0.3, -0.25) is 4.40 Å². The van der Waals surface area contributed by atoms with Crippen LogP contribution in [-0.2, 0) is 0 Å². The lowest BCUT2D eigenvalue weighted by Gasteiger charge is -2.19. The van der Waals surface area contributed by atoms with Gasteiger partial charge in [-0.1, -0.05) is 100 Å². The molecule has 0 aliphatic carbocycles. The van der Waals surface area contributed by atoms with Crippen molar-refractivity contribution in [2.24, 2.45) is 0 Å². The summed E-state index contributed by atoms with van der Waals surface area (Å²) in [6, 6.07) is 29.1. The summed E-state index contributed by atoms with van der Waals surface area (Å²) < 4.78 is 2.39. The van der Waals surface area contributed by atoms with Gasteiger partial charge in [0.05, 0.1) is 17.4 Å². The fourth-order valence-electron chi connectivity index (χ4n) is 5.90. The molecule has 0 amide bonds. The summed E-state index contributed by atoms with van der Waals surface area (Å²) in [4.78, 5) is 5.14. The van der Waals surface area contributed by atoms with Gasteiger partial charge in [0, 0.05) is 21.7 Å². The van der Waals surface area contributed by atoms with Crippen molar-refractivity contribution in [2.45, 2.75) is 53.4 Å². The first-order valence-electron chi connectivity index (χ1n) is 13.4. The Hall–Kier alpha value is -3.91. The summed E-state index contributed by atoms with van der Waals surface area (Å²) in [6.45, 7) is 13.5. The molecule has 2 heteroatoms. The minimum Gasteiger partial charge on any atom is -0.292 e. The van der Waals surface area contributed by atoms with Gasteiger partial charge in [0.25, 0.3) is 0 Å². The second kappa shape index (κ2) is 8.88. The Balaban J connectivity index is 1.80. The standard InChI is InChI=1S/C35H34N2/c1-21(2)25-15-16-28(24(6)19-25)32-20-36-35-34-26(22(3)4)17-18-29(27-12-8-7-11-23(27)5)33(34)30-13-9-10-14-31(30)37(32)35/h7-22H,1-6H3. The predicted octanol–water partition coefficient (Wildman–Crippen LogP) is 9.84. The summed E-state index contributed by atoms with van der Waals surface area (Å²) >= 11 is 0. The number of pyridine rings is 1. The van der Waals surface area contributed by atoms with E-state index in [4.69, 9.17) is 4.98 Å². The Morgan fingerprint density at radius 3 is 2.11 bits per heavy atom. The largest absolute Gasteiger partial charge is 0.292 e. The molecule has 2 nitrogen and oxygen atoms in total. The van der Waals surface area contributed by atoms with Crippen LogP contribution in [0.15, 0.2) is 85.1 Å². The van der Waals surface area contributed by atoms with Crippen molar-refractivity contribution in [3.63, 3.8) is 0 Å². The number of aromatic nitrogens is 2. The summed E-state index contributed by atoms with van der Waals surface area (Å²) in [7, 11) is 0. The average molecular weight is 483 g/mol. The molecule has 2 heterocycles. The number of rotatable bonds is 4. The average Bonchev–Trinajstić information content (AvgIpc) is 3.33. The molecule has 37 heavy (non-hydrogen) atoms. The van der Waals surface area contributed by atoms with Crippen LogP contribution in [0.4, 0.5) is 0 Å². The normalized spacial score (nSPS) is 12.0. The van der Waals surface area contributed by atoms with Crippen LogP contribution in [0.25, 0.3) is 49.7 Å². The van der Waals surface area contributed by atoms with Crippen molar-refractivity contribution < 1.29 is 0 Å². The Bertz CT molecular complexity index is 1800. The van der Waals surface area contributed by atoms with E-state index < -0.39 is 0 Å². The third kappa shape index (κ3) is 3.66. The van der Waals surface area contributed by atoms with Gasteiger partial charge in [0.2, 0.25) is 0 Å². The molecule has 184 valence electrons. The fourth-order valence-corrected chi connectivity index (χ4v) is 5.90. The van der Waals surface area contributed by atoms with Gasteiger partial charge in [0.1, 0.15) is 5.65 Å². The summed E-state index contributed by atoms with van der Waals surface area (Å²) in [5.41, 5.74) is 12.5. The molecular formula is C35H34N2. The van der Waals surface area contributed by atoms with E-state index in [-0.39, 0.29) is 0 Å². The van der Waals surface area contributed by atoms with Crippen LogP contribution in [0.2, 0.25) is 0 Å². The topological polar surface area (TPSA) is 17.3 Å². The SMILES string of the molecule is Cc1ccccc1-c1ccc(C(C)C)c2c1c1ccccc1n1c(-c3ccc(C(C)C)cc3C)cnc21. The number of fused-ring (bicyclic) bond motifs is 6. The van der Waals surface area contributed by atoms with E-state index in [0.717, 1.165) is 11.3 Å². The zero-order valence-corrected chi connectivity index (χ0v) is 22.6. The van der Waals surface area contributed by atoms with Gasteiger partial charge in [-0.15, -0.1) is 0 Å². The molecular weight excluding hydrogens is 448 g/mol. The highest BCUT2D eigenvalue weighted by molar-refractivity contribution is 6.19. The highest BCUT2D eigenvalue weighted by Crippen LogP contribution is 2.42. The molecule has 0 N–H and O–H groups in total. The maximum absolute atomic E-state index is 5.14. The lowest BCUT2D eigenvalue weighted by Crippen LogP contribution is -2.00. The molecule has 0 bridgehead atoms. The molecule has 0 fully saturated rings.